The zero-order chi connectivity index (χ0) is 55.0. The Labute approximate surface area is 469 Å². The lowest BCUT2D eigenvalue weighted by Crippen LogP contribution is -2.30. The minimum absolute atomic E-state index is 0.100. The van der Waals surface area contributed by atoms with E-state index in [1.807, 2.05) is 0 Å². The van der Waals surface area contributed by atoms with Crippen LogP contribution in [0.25, 0.3) is 0 Å². The minimum Gasteiger partial charge on any atom is -0.462 e. The second-order valence-electron chi connectivity index (χ2n) is 20.6. The fourth-order valence-electron chi connectivity index (χ4n) is 8.50. The molecule has 0 aliphatic heterocycles. The van der Waals surface area contributed by atoms with Gasteiger partial charge in [-0.2, -0.15) is 0 Å². The van der Waals surface area contributed by atoms with Gasteiger partial charge in [0.25, 0.3) is 0 Å². The lowest BCUT2D eigenvalue weighted by molar-refractivity contribution is -0.167. The van der Waals surface area contributed by atoms with Crippen LogP contribution < -0.4 is 0 Å². The molecule has 0 saturated heterocycles. The molecule has 0 N–H and O–H groups in total. The monoisotopic (exact) mass is 1050 g/mol. The van der Waals surface area contributed by atoms with Crippen molar-refractivity contribution in [3.8, 4) is 0 Å². The van der Waals surface area contributed by atoms with Crippen LogP contribution in [0, 0.1) is 0 Å². The van der Waals surface area contributed by atoms with Gasteiger partial charge in [0.15, 0.2) is 6.10 Å². The fraction of sp³-hybridized carbons (Fsp3) is 0.671. The molecule has 0 spiro atoms. The summed E-state index contributed by atoms with van der Waals surface area (Å²) in [5.41, 5.74) is 0. The van der Waals surface area contributed by atoms with Crippen LogP contribution in [0.4, 0.5) is 0 Å². The maximum absolute atomic E-state index is 12.9. The smallest absolute Gasteiger partial charge is 0.306 e. The molecule has 0 saturated carbocycles. The van der Waals surface area contributed by atoms with E-state index in [0.717, 1.165) is 116 Å². The minimum atomic E-state index is -0.806. The summed E-state index contributed by atoms with van der Waals surface area (Å²) in [6.45, 7) is 6.46. The molecular weight excluding hydrogens is 937 g/mol. The van der Waals surface area contributed by atoms with Gasteiger partial charge in [0.05, 0.1) is 0 Å². The van der Waals surface area contributed by atoms with Gasteiger partial charge in [0.2, 0.25) is 0 Å². The van der Waals surface area contributed by atoms with Gasteiger partial charge in [0, 0.05) is 19.3 Å². The van der Waals surface area contributed by atoms with Gasteiger partial charge in [-0.25, -0.2) is 0 Å². The van der Waals surface area contributed by atoms with Crippen molar-refractivity contribution in [3.63, 3.8) is 0 Å². The average molecular weight is 1050 g/mol. The van der Waals surface area contributed by atoms with Crippen molar-refractivity contribution in [2.24, 2.45) is 0 Å². The Balaban J connectivity index is 4.41. The molecule has 0 heterocycles. The maximum Gasteiger partial charge on any atom is 0.306 e. The normalized spacial score (nSPS) is 12.9. The van der Waals surface area contributed by atoms with Gasteiger partial charge in [-0.1, -0.05) is 277 Å². The fourth-order valence-corrected chi connectivity index (χ4v) is 8.50. The summed E-state index contributed by atoms with van der Waals surface area (Å²) >= 11 is 0. The largest absolute Gasteiger partial charge is 0.462 e. The molecule has 0 aliphatic carbocycles. The predicted molar refractivity (Wildman–Crippen MR) is 330 cm³/mol. The third kappa shape index (κ3) is 60.7. The first-order valence-electron chi connectivity index (χ1n) is 31.5. The van der Waals surface area contributed by atoms with E-state index in [4.69, 9.17) is 14.2 Å². The molecule has 432 valence electrons. The number of rotatable bonds is 56. The summed E-state index contributed by atoms with van der Waals surface area (Å²) in [4.78, 5) is 38.2. The van der Waals surface area contributed by atoms with Crippen LogP contribution in [0.1, 0.15) is 284 Å². The van der Waals surface area contributed by atoms with E-state index in [0.29, 0.717) is 19.3 Å². The number of unbranched alkanes of at least 4 members (excludes halogenated alkanes) is 25. The van der Waals surface area contributed by atoms with Crippen molar-refractivity contribution in [2.45, 2.75) is 290 Å². The molecule has 1 unspecified atom stereocenters. The van der Waals surface area contributed by atoms with Crippen molar-refractivity contribution >= 4 is 17.9 Å². The molecule has 0 aliphatic rings. The number of hydrogen-bond acceptors (Lipinski definition) is 6. The molecule has 0 rings (SSSR count). The molecule has 6 heteroatoms. The Morgan fingerprint density at radius 1 is 0.276 bits per heavy atom. The Morgan fingerprint density at radius 3 is 0.895 bits per heavy atom. The molecule has 0 aromatic heterocycles. The van der Waals surface area contributed by atoms with Crippen molar-refractivity contribution in [1.82, 2.24) is 0 Å². The lowest BCUT2D eigenvalue weighted by Gasteiger charge is -2.18. The second-order valence-corrected chi connectivity index (χ2v) is 20.6. The first-order chi connectivity index (χ1) is 37.5. The summed E-state index contributed by atoms with van der Waals surface area (Å²) in [5.74, 6) is -0.966. The highest BCUT2D eigenvalue weighted by Gasteiger charge is 2.19. The van der Waals surface area contributed by atoms with E-state index in [2.05, 4.69) is 142 Å². The third-order valence-corrected chi connectivity index (χ3v) is 13.2. The van der Waals surface area contributed by atoms with Crippen LogP contribution in [-0.4, -0.2) is 37.2 Å². The quantitative estimate of drug-likeness (QED) is 0.0261. The zero-order valence-corrected chi connectivity index (χ0v) is 49.5. The topological polar surface area (TPSA) is 78.9 Å². The van der Waals surface area contributed by atoms with Gasteiger partial charge in [-0.05, 0) is 109 Å². The van der Waals surface area contributed by atoms with Crippen molar-refractivity contribution in [3.05, 3.63) is 122 Å². The van der Waals surface area contributed by atoms with Crippen LogP contribution in [-0.2, 0) is 28.6 Å². The summed E-state index contributed by atoms with van der Waals surface area (Å²) < 4.78 is 16.8. The number of carbonyl (C=O) groups is 3. The standard InChI is InChI=1S/C70H116O6/c1-4-7-10-13-16-19-22-25-27-29-30-31-32-33-34-35-36-37-38-39-40-42-43-45-48-51-54-57-60-63-69(72)75-66-67(65-74-68(71)62-59-56-53-50-47-24-21-18-15-12-9-6-3)76-70(73)64-61-58-55-52-49-46-44-41-28-26-23-20-17-14-11-8-5-2/h7,10,16,18-19,21,25,27,30-31,33-34,36-37,39-40,43,45,51,54,67H,4-6,8-9,11-15,17,20,22-24,26,28-29,32,35,38,41-42,44,46-50,52-53,55-66H2,1-3H3/b10-7-,19-16-,21-18-,27-25-,31-30-,34-33-,37-36-,40-39-,45-43-,54-51-. The highest BCUT2D eigenvalue weighted by atomic mass is 16.6. The van der Waals surface area contributed by atoms with E-state index in [1.165, 1.54) is 122 Å². The number of hydrogen-bond donors (Lipinski definition) is 0. The molecule has 0 radical (unpaired) electrons. The van der Waals surface area contributed by atoms with Crippen LogP contribution >= 0.6 is 0 Å². The number of carbonyl (C=O) groups excluding carboxylic acids is 3. The number of allylic oxidation sites excluding steroid dienone is 20. The van der Waals surface area contributed by atoms with E-state index in [-0.39, 0.29) is 37.5 Å². The van der Waals surface area contributed by atoms with E-state index < -0.39 is 6.10 Å². The van der Waals surface area contributed by atoms with Crippen molar-refractivity contribution in [2.75, 3.05) is 13.2 Å². The Bertz CT molecular complexity index is 1590. The van der Waals surface area contributed by atoms with Gasteiger partial charge in [-0.15, -0.1) is 0 Å². The Morgan fingerprint density at radius 2 is 0.526 bits per heavy atom. The highest BCUT2D eigenvalue weighted by Crippen LogP contribution is 2.16. The van der Waals surface area contributed by atoms with Crippen LogP contribution in [0.5, 0.6) is 0 Å². The summed E-state index contributed by atoms with van der Waals surface area (Å²) in [6.07, 6.45) is 87.8. The van der Waals surface area contributed by atoms with E-state index in [9.17, 15) is 14.4 Å². The van der Waals surface area contributed by atoms with Gasteiger partial charge in [-0.3, -0.25) is 14.4 Å². The van der Waals surface area contributed by atoms with Crippen LogP contribution in [0.2, 0.25) is 0 Å². The van der Waals surface area contributed by atoms with Crippen LogP contribution in [0.15, 0.2) is 122 Å². The van der Waals surface area contributed by atoms with Gasteiger partial charge >= 0.3 is 17.9 Å². The SMILES string of the molecule is CC/C=C\C/C=C\C/C=C\C/C=C\C/C=C\C/C=C\C/C=C\C/C=C\C/C=C\CCCC(=O)OCC(COC(=O)CCCCCCC/C=C\CCCCC)OC(=O)CCCCCCCCCCCCCCCCCCC. The predicted octanol–water partition coefficient (Wildman–Crippen LogP) is 21.6. The summed E-state index contributed by atoms with van der Waals surface area (Å²) in [5, 5.41) is 0. The summed E-state index contributed by atoms with van der Waals surface area (Å²) in [6, 6.07) is 0. The molecule has 0 aromatic rings. The molecule has 6 nitrogen and oxygen atoms in total. The van der Waals surface area contributed by atoms with Gasteiger partial charge in [0.1, 0.15) is 13.2 Å². The number of esters is 3. The Kier molecular flexibility index (Phi) is 59.9. The molecule has 0 aromatic carbocycles. The van der Waals surface area contributed by atoms with Crippen molar-refractivity contribution in [1.29, 1.82) is 0 Å². The molecular formula is C70H116O6. The maximum atomic E-state index is 12.9. The molecule has 76 heavy (non-hydrogen) atoms. The highest BCUT2D eigenvalue weighted by molar-refractivity contribution is 5.71. The molecule has 0 fully saturated rings. The lowest BCUT2D eigenvalue weighted by atomic mass is 10.0. The summed E-state index contributed by atoms with van der Waals surface area (Å²) in [7, 11) is 0. The molecule has 0 bridgehead atoms. The van der Waals surface area contributed by atoms with Crippen LogP contribution in [0.3, 0.4) is 0 Å². The van der Waals surface area contributed by atoms with Crippen molar-refractivity contribution < 1.29 is 28.6 Å². The van der Waals surface area contributed by atoms with Gasteiger partial charge < -0.3 is 14.2 Å². The second kappa shape index (κ2) is 63.3. The third-order valence-electron chi connectivity index (χ3n) is 13.2. The average Bonchev–Trinajstić information content (AvgIpc) is 3.42. The molecule has 1 atom stereocenters. The van der Waals surface area contributed by atoms with E-state index in [1.54, 1.807) is 0 Å². The Hall–Kier alpha value is -4.19. The zero-order valence-electron chi connectivity index (χ0n) is 49.5. The molecule has 0 amide bonds. The first kappa shape index (κ1) is 71.8. The first-order valence-corrected chi connectivity index (χ1v) is 31.5. The van der Waals surface area contributed by atoms with E-state index >= 15 is 0 Å². The number of ether oxygens (including phenoxy) is 3.